The van der Waals surface area contributed by atoms with Gasteiger partial charge in [-0.25, -0.2) is 4.39 Å². The van der Waals surface area contributed by atoms with Crippen molar-refractivity contribution in [2.45, 2.75) is 31.7 Å². The van der Waals surface area contributed by atoms with Gasteiger partial charge in [0.2, 0.25) is 5.91 Å². The van der Waals surface area contributed by atoms with Crippen LogP contribution < -0.4 is 11.1 Å². The van der Waals surface area contributed by atoms with Crippen LogP contribution >= 0.6 is 12.4 Å². The lowest BCUT2D eigenvalue weighted by Gasteiger charge is -2.15. The molecule has 0 heterocycles. The maximum atomic E-state index is 12.7. The van der Waals surface area contributed by atoms with Gasteiger partial charge in [-0.05, 0) is 37.0 Å². The van der Waals surface area contributed by atoms with Crippen molar-refractivity contribution in [1.82, 2.24) is 5.32 Å². The highest BCUT2D eigenvalue weighted by Crippen LogP contribution is 2.23. The third kappa shape index (κ3) is 4.48. The van der Waals surface area contributed by atoms with E-state index in [1.165, 1.54) is 12.1 Å². The number of nitrogens with two attached hydrogens (primary N) is 1. The molecule has 19 heavy (non-hydrogen) atoms. The van der Waals surface area contributed by atoms with Crippen molar-refractivity contribution in [3.05, 3.63) is 35.6 Å². The molecule has 2 unspecified atom stereocenters. The molecule has 1 fully saturated rings. The molecule has 2 rings (SSSR count). The number of hydrogen-bond donors (Lipinski definition) is 2. The topological polar surface area (TPSA) is 55.1 Å². The monoisotopic (exact) mass is 286 g/mol. The molecule has 0 spiro atoms. The minimum absolute atomic E-state index is 0. The number of halogens is 2. The molecular formula is C14H20ClFN2O. The fourth-order valence-electron chi connectivity index (χ4n) is 2.43. The van der Waals surface area contributed by atoms with Crippen molar-refractivity contribution in [1.29, 1.82) is 0 Å². The first-order valence-electron chi connectivity index (χ1n) is 6.44. The summed E-state index contributed by atoms with van der Waals surface area (Å²) in [6.07, 6.45) is 3.59. The van der Waals surface area contributed by atoms with Crippen LogP contribution in [0.1, 0.15) is 24.8 Å². The highest BCUT2D eigenvalue weighted by molar-refractivity contribution is 5.85. The predicted octanol–water partition coefficient (Wildman–Crippen LogP) is 2.03. The van der Waals surface area contributed by atoms with Crippen LogP contribution in [0.5, 0.6) is 0 Å². The zero-order chi connectivity index (χ0) is 13.0. The summed E-state index contributed by atoms with van der Waals surface area (Å²) in [6.45, 7) is 0.577. The molecule has 1 saturated carbocycles. The van der Waals surface area contributed by atoms with E-state index in [-0.39, 0.29) is 36.1 Å². The second-order valence-electron chi connectivity index (χ2n) is 4.87. The van der Waals surface area contributed by atoms with Gasteiger partial charge in [0.1, 0.15) is 5.82 Å². The van der Waals surface area contributed by atoms with E-state index in [4.69, 9.17) is 5.73 Å². The van der Waals surface area contributed by atoms with Crippen molar-refractivity contribution in [2.24, 2.45) is 11.7 Å². The van der Waals surface area contributed by atoms with E-state index in [0.717, 1.165) is 24.8 Å². The predicted molar refractivity (Wildman–Crippen MR) is 75.7 cm³/mol. The van der Waals surface area contributed by atoms with E-state index in [1.54, 1.807) is 12.1 Å². The van der Waals surface area contributed by atoms with Gasteiger partial charge in [0.15, 0.2) is 0 Å². The van der Waals surface area contributed by atoms with Crippen molar-refractivity contribution >= 4 is 18.3 Å². The normalized spacial score (nSPS) is 21.8. The van der Waals surface area contributed by atoms with Gasteiger partial charge < -0.3 is 11.1 Å². The van der Waals surface area contributed by atoms with E-state index < -0.39 is 0 Å². The Hall–Kier alpha value is -1.13. The number of rotatable bonds is 4. The SMILES string of the molecule is Cl.NC1CCCC1C(=O)NCCc1ccc(F)cc1. The van der Waals surface area contributed by atoms with Gasteiger partial charge in [-0.2, -0.15) is 0 Å². The zero-order valence-corrected chi connectivity index (χ0v) is 11.6. The molecule has 0 bridgehead atoms. The van der Waals surface area contributed by atoms with Crippen LogP contribution in [0.2, 0.25) is 0 Å². The van der Waals surface area contributed by atoms with Gasteiger partial charge in [-0.1, -0.05) is 18.6 Å². The molecule has 0 saturated heterocycles. The minimum Gasteiger partial charge on any atom is -0.355 e. The van der Waals surface area contributed by atoms with Crippen molar-refractivity contribution in [3.8, 4) is 0 Å². The first-order valence-corrected chi connectivity index (χ1v) is 6.44. The van der Waals surface area contributed by atoms with Gasteiger partial charge in [-0.15, -0.1) is 12.4 Å². The van der Waals surface area contributed by atoms with Crippen LogP contribution in [0.3, 0.4) is 0 Å². The molecule has 106 valence electrons. The van der Waals surface area contributed by atoms with E-state index in [0.29, 0.717) is 13.0 Å². The van der Waals surface area contributed by atoms with Crippen LogP contribution in [0.15, 0.2) is 24.3 Å². The van der Waals surface area contributed by atoms with Crippen LogP contribution in [0.4, 0.5) is 4.39 Å². The summed E-state index contributed by atoms with van der Waals surface area (Å²) in [5, 5.41) is 2.91. The highest BCUT2D eigenvalue weighted by atomic mass is 35.5. The van der Waals surface area contributed by atoms with E-state index in [1.807, 2.05) is 0 Å². The maximum Gasteiger partial charge on any atom is 0.224 e. The zero-order valence-electron chi connectivity index (χ0n) is 10.8. The van der Waals surface area contributed by atoms with Gasteiger partial charge in [0, 0.05) is 12.6 Å². The molecule has 0 radical (unpaired) electrons. The number of benzene rings is 1. The summed E-state index contributed by atoms with van der Waals surface area (Å²) in [5.74, 6) is -0.208. The van der Waals surface area contributed by atoms with Crippen LogP contribution in [-0.4, -0.2) is 18.5 Å². The molecule has 1 aliphatic rings. The maximum absolute atomic E-state index is 12.7. The number of carbonyl (C=O) groups excluding carboxylic acids is 1. The average Bonchev–Trinajstić information content (AvgIpc) is 2.78. The lowest BCUT2D eigenvalue weighted by Crippen LogP contribution is -2.39. The Bertz CT molecular complexity index is 410. The van der Waals surface area contributed by atoms with Crippen LogP contribution in [-0.2, 0) is 11.2 Å². The third-order valence-corrected chi connectivity index (χ3v) is 3.53. The number of carbonyl (C=O) groups is 1. The first-order chi connectivity index (χ1) is 8.66. The summed E-state index contributed by atoms with van der Waals surface area (Å²) in [7, 11) is 0. The molecule has 1 aliphatic carbocycles. The van der Waals surface area contributed by atoms with E-state index >= 15 is 0 Å². The molecule has 3 N–H and O–H groups in total. The first kappa shape index (κ1) is 15.9. The van der Waals surface area contributed by atoms with Gasteiger partial charge in [-0.3, -0.25) is 4.79 Å². The van der Waals surface area contributed by atoms with Crippen molar-refractivity contribution in [2.75, 3.05) is 6.54 Å². The summed E-state index contributed by atoms with van der Waals surface area (Å²) >= 11 is 0. The average molecular weight is 287 g/mol. The molecule has 1 amide bonds. The molecule has 1 aromatic carbocycles. The third-order valence-electron chi connectivity index (χ3n) is 3.53. The quantitative estimate of drug-likeness (QED) is 0.890. The Morgan fingerprint density at radius 3 is 2.58 bits per heavy atom. The summed E-state index contributed by atoms with van der Waals surface area (Å²) < 4.78 is 12.7. The second-order valence-corrected chi connectivity index (χ2v) is 4.87. The number of nitrogens with one attached hydrogen (secondary N) is 1. The summed E-state index contributed by atoms with van der Waals surface area (Å²) in [4.78, 5) is 11.8. The Kier molecular flexibility index (Phi) is 6.25. The Morgan fingerprint density at radius 2 is 2.00 bits per heavy atom. The van der Waals surface area contributed by atoms with Crippen molar-refractivity contribution in [3.63, 3.8) is 0 Å². The number of amides is 1. The molecular weight excluding hydrogens is 267 g/mol. The van der Waals surface area contributed by atoms with Crippen LogP contribution in [0, 0.1) is 11.7 Å². The fourth-order valence-corrected chi connectivity index (χ4v) is 2.43. The number of hydrogen-bond acceptors (Lipinski definition) is 2. The molecule has 0 aromatic heterocycles. The molecule has 1 aromatic rings. The lowest BCUT2D eigenvalue weighted by atomic mass is 10.0. The Balaban J connectivity index is 0.00000180. The van der Waals surface area contributed by atoms with Gasteiger partial charge in [0.05, 0.1) is 5.92 Å². The Morgan fingerprint density at radius 1 is 1.32 bits per heavy atom. The fraction of sp³-hybridized carbons (Fsp3) is 0.500. The van der Waals surface area contributed by atoms with Gasteiger partial charge in [0.25, 0.3) is 0 Å². The van der Waals surface area contributed by atoms with E-state index in [2.05, 4.69) is 5.32 Å². The largest absolute Gasteiger partial charge is 0.355 e. The lowest BCUT2D eigenvalue weighted by molar-refractivity contribution is -0.125. The van der Waals surface area contributed by atoms with Crippen molar-refractivity contribution < 1.29 is 9.18 Å². The molecule has 0 aliphatic heterocycles. The summed E-state index contributed by atoms with van der Waals surface area (Å²) in [6, 6.07) is 6.36. The summed E-state index contributed by atoms with van der Waals surface area (Å²) in [5.41, 5.74) is 6.90. The molecule has 3 nitrogen and oxygen atoms in total. The second kappa shape index (κ2) is 7.46. The standard InChI is InChI=1S/C14H19FN2O.ClH/c15-11-6-4-10(5-7-11)8-9-17-14(18)12-2-1-3-13(12)16;/h4-7,12-13H,1-3,8-9,16H2,(H,17,18);1H. The van der Waals surface area contributed by atoms with E-state index in [9.17, 15) is 9.18 Å². The van der Waals surface area contributed by atoms with Gasteiger partial charge >= 0.3 is 0 Å². The minimum atomic E-state index is -0.236. The smallest absolute Gasteiger partial charge is 0.224 e. The molecule has 5 heteroatoms. The van der Waals surface area contributed by atoms with Crippen LogP contribution in [0.25, 0.3) is 0 Å². The Labute approximate surface area is 119 Å². The highest BCUT2D eigenvalue weighted by Gasteiger charge is 2.29. The molecule has 2 atom stereocenters.